The van der Waals surface area contributed by atoms with Gasteiger partial charge < -0.3 is 10.4 Å². The lowest BCUT2D eigenvalue weighted by molar-refractivity contribution is -0.385. The zero-order valence-corrected chi connectivity index (χ0v) is 10.3. The molecule has 6 nitrogen and oxygen atoms in total. The normalized spacial score (nSPS) is 13.4. The van der Waals surface area contributed by atoms with E-state index in [-0.39, 0.29) is 17.9 Å². The third-order valence-corrected chi connectivity index (χ3v) is 2.89. The van der Waals surface area contributed by atoms with Crippen molar-refractivity contribution in [1.82, 2.24) is 0 Å². The van der Waals surface area contributed by atoms with E-state index in [1.807, 2.05) is 13.8 Å². The first kappa shape index (κ1) is 13.9. The Morgan fingerprint density at radius 3 is 2.72 bits per heavy atom. The average Bonchev–Trinajstić information content (AvgIpc) is 2.38. The number of nitriles is 1. The standard InChI is InChI=1S/C12H15N3O3/c1-3-12(2,8-16)14-10-4-5-11(15(17)18)9(6-10)7-13/h4-6,14,16H,3,8H2,1-2H3. The topological polar surface area (TPSA) is 99.2 Å². The maximum Gasteiger partial charge on any atom is 0.287 e. The molecule has 0 fully saturated rings. The predicted octanol–water partition coefficient (Wildman–Crippen LogP) is 2.04. The minimum atomic E-state index is -0.590. The smallest absolute Gasteiger partial charge is 0.287 e. The molecule has 0 radical (unpaired) electrons. The molecule has 0 saturated carbocycles. The van der Waals surface area contributed by atoms with Gasteiger partial charge in [0.25, 0.3) is 5.69 Å². The SMILES string of the molecule is CCC(C)(CO)Nc1ccc([N+](=O)[O-])c(C#N)c1. The van der Waals surface area contributed by atoms with Crippen LogP contribution in [0.2, 0.25) is 0 Å². The summed E-state index contributed by atoms with van der Waals surface area (Å²) in [6.45, 7) is 3.68. The van der Waals surface area contributed by atoms with Gasteiger partial charge in [-0.25, -0.2) is 0 Å². The van der Waals surface area contributed by atoms with E-state index in [4.69, 9.17) is 5.26 Å². The van der Waals surface area contributed by atoms with E-state index in [0.29, 0.717) is 12.1 Å². The molecule has 0 aliphatic rings. The first-order valence-electron chi connectivity index (χ1n) is 5.53. The van der Waals surface area contributed by atoms with Crippen molar-refractivity contribution in [2.45, 2.75) is 25.8 Å². The van der Waals surface area contributed by atoms with Crippen LogP contribution in [0.15, 0.2) is 18.2 Å². The fraction of sp³-hybridized carbons (Fsp3) is 0.417. The Balaban J connectivity index is 3.08. The van der Waals surface area contributed by atoms with Crippen LogP contribution < -0.4 is 5.32 Å². The maximum absolute atomic E-state index is 10.7. The molecule has 96 valence electrons. The number of anilines is 1. The fourth-order valence-corrected chi connectivity index (χ4v) is 1.45. The van der Waals surface area contributed by atoms with E-state index in [0.717, 1.165) is 0 Å². The van der Waals surface area contributed by atoms with Gasteiger partial charge in [-0.05, 0) is 25.5 Å². The Kier molecular flexibility index (Phi) is 4.23. The summed E-state index contributed by atoms with van der Waals surface area (Å²) in [5.41, 5.74) is -0.148. The molecule has 0 aliphatic carbocycles. The minimum Gasteiger partial charge on any atom is -0.394 e. The maximum atomic E-state index is 10.7. The van der Waals surface area contributed by atoms with Crippen LogP contribution in [0.3, 0.4) is 0 Å². The molecule has 0 amide bonds. The van der Waals surface area contributed by atoms with E-state index in [9.17, 15) is 15.2 Å². The second-order valence-corrected chi connectivity index (χ2v) is 4.30. The number of rotatable bonds is 5. The quantitative estimate of drug-likeness (QED) is 0.614. The number of benzene rings is 1. The minimum absolute atomic E-state index is 0.00129. The Hall–Kier alpha value is -2.13. The van der Waals surface area contributed by atoms with Crippen molar-refractivity contribution in [2.24, 2.45) is 0 Å². The number of nitrogens with zero attached hydrogens (tertiary/aromatic N) is 2. The molecule has 1 aromatic carbocycles. The molecule has 1 atom stereocenters. The largest absolute Gasteiger partial charge is 0.394 e. The second kappa shape index (κ2) is 5.47. The Morgan fingerprint density at radius 1 is 1.61 bits per heavy atom. The molecule has 1 aromatic rings. The van der Waals surface area contributed by atoms with Crippen molar-refractivity contribution >= 4 is 11.4 Å². The van der Waals surface area contributed by atoms with Gasteiger partial charge in [-0.15, -0.1) is 0 Å². The summed E-state index contributed by atoms with van der Waals surface area (Å²) >= 11 is 0. The highest BCUT2D eigenvalue weighted by Crippen LogP contribution is 2.24. The molecule has 18 heavy (non-hydrogen) atoms. The van der Waals surface area contributed by atoms with Gasteiger partial charge in [0.2, 0.25) is 0 Å². The van der Waals surface area contributed by atoms with Crippen molar-refractivity contribution in [2.75, 3.05) is 11.9 Å². The Labute approximate surface area is 105 Å². The summed E-state index contributed by atoms with van der Waals surface area (Å²) in [7, 11) is 0. The van der Waals surface area contributed by atoms with Gasteiger partial charge in [-0.3, -0.25) is 10.1 Å². The van der Waals surface area contributed by atoms with Crippen molar-refractivity contribution < 1.29 is 10.0 Å². The van der Waals surface area contributed by atoms with Gasteiger partial charge in [0.05, 0.1) is 17.1 Å². The lowest BCUT2D eigenvalue weighted by Gasteiger charge is -2.28. The van der Waals surface area contributed by atoms with E-state index in [2.05, 4.69) is 5.32 Å². The first-order chi connectivity index (χ1) is 8.45. The summed E-state index contributed by atoms with van der Waals surface area (Å²) in [6.07, 6.45) is 0.683. The van der Waals surface area contributed by atoms with Crippen molar-refractivity contribution in [3.05, 3.63) is 33.9 Å². The molecule has 0 heterocycles. The highest BCUT2D eigenvalue weighted by atomic mass is 16.6. The van der Waals surface area contributed by atoms with Gasteiger partial charge >= 0.3 is 0 Å². The molecule has 1 unspecified atom stereocenters. The van der Waals surface area contributed by atoms with Crippen LogP contribution in [0.4, 0.5) is 11.4 Å². The van der Waals surface area contributed by atoms with Gasteiger partial charge in [-0.2, -0.15) is 5.26 Å². The summed E-state index contributed by atoms with van der Waals surface area (Å²) in [6, 6.07) is 6.03. The van der Waals surface area contributed by atoms with Crippen LogP contribution in [0.25, 0.3) is 0 Å². The third kappa shape index (κ3) is 2.96. The Morgan fingerprint density at radius 2 is 2.28 bits per heavy atom. The summed E-state index contributed by atoms with van der Waals surface area (Å²) in [4.78, 5) is 10.1. The van der Waals surface area contributed by atoms with E-state index < -0.39 is 10.5 Å². The van der Waals surface area contributed by atoms with Crippen LogP contribution in [0.5, 0.6) is 0 Å². The summed E-state index contributed by atoms with van der Waals surface area (Å²) < 4.78 is 0. The second-order valence-electron chi connectivity index (χ2n) is 4.30. The molecule has 2 N–H and O–H groups in total. The van der Waals surface area contributed by atoms with Gasteiger partial charge in [0.1, 0.15) is 11.6 Å². The molecule has 6 heteroatoms. The summed E-state index contributed by atoms with van der Waals surface area (Å²) in [5.74, 6) is 0. The zero-order valence-electron chi connectivity index (χ0n) is 10.3. The molecular weight excluding hydrogens is 234 g/mol. The molecule has 1 rings (SSSR count). The zero-order chi connectivity index (χ0) is 13.8. The van der Waals surface area contributed by atoms with Crippen molar-refractivity contribution in [3.63, 3.8) is 0 Å². The van der Waals surface area contributed by atoms with E-state index >= 15 is 0 Å². The highest BCUT2D eigenvalue weighted by molar-refractivity contribution is 5.59. The monoisotopic (exact) mass is 249 g/mol. The number of hydrogen-bond donors (Lipinski definition) is 2. The van der Waals surface area contributed by atoms with Crippen LogP contribution in [-0.4, -0.2) is 22.2 Å². The number of aliphatic hydroxyl groups excluding tert-OH is 1. The van der Waals surface area contributed by atoms with Crippen molar-refractivity contribution in [3.8, 4) is 6.07 Å². The fourth-order valence-electron chi connectivity index (χ4n) is 1.45. The number of nitro groups is 1. The summed E-state index contributed by atoms with van der Waals surface area (Å²) in [5, 5.41) is 31.9. The average molecular weight is 249 g/mol. The van der Waals surface area contributed by atoms with Crippen LogP contribution >= 0.6 is 0 Å². The molecule has 0 aliphatic heterocycles. The van der Waals surface area contributed by atoms with Crippen LogP contribution in [0.1, 0.15) is 25.8 Å². The lowest BCUT2D eigenvalue weighted by Crippen LogP contribution is -2.37. The van der Waals surface area contributed by atoms with Gasteiger partial charge in [-0.1, -0.05) is 6.92 Å². The first-order valence-corrected chi connectivity index (χ1v) is 5.53. The van der Waals surface area contributed by atoms with Gasteiger partial charge in [0.15, 0.2) is 0 Å². The van der Waals surface area contributed by atoms with Crippen LogP contribution in [0, 0.1) is 21.4 Å². The Bertz CT molecular complexity index is 490. The predicted molar refractivity (Wildman–Crippen MR) is 67.2 cm³/mol. The highest BCUT2D eigenvalue weighted by Gasteiger charge is 2.22. The molecule has 0 saturated heterocycles. The number of nitro benzene ring substituents is 1. The van der Waals surface area contributed by atoms with Crippen LogP contribution in [-0.2, 0) is 0 Å². The number of hydrogen-bond acceptors (Lipinski definition) is 5. The molecule has 0 bridgehead atoms. The van der Waals surface area contributed by atoms with Crippen molar-refractivity contribution in [1.29, 1.82) is 5.26 Å². The van der Waals surface area contributed by atoms with Gasteiger partial charge in [0, 0.05) is 11.8 Å². The number of aliphatic hydroxyl groups is 1. The lowest BCUT2D eigenvalue weighted by atomic mass is 9.99. The molecule has 0 aromatic heterocycles. The third-order valence-electron chi connectivity index (χ3n) is 2.89. The number of nitrogens with one attached hydrogen (secondary N) is 1. The molecule has 0 spiro atoms. The molecular formula is C12H15N3O3. The van der Waals surface area contributed by atoms with E-state index in [1.54, 1.807) is 6.07 Å². The van der Waals surface area contributed by atoms with E-state index in [1.165, 1.54) is 18.2 Å².